The second-order valence-electron chi connectivity index (χ2n) is 4.85. The molecule has 0 radical (unpaired) electrons. The van der Waals surface area contributed by atoms with Gasteiger partial charge in [0.25, 0.3) is 0 Å². The van der Waals surface area contributed by atoms with Crippen molar-refractivity contribution in [2.45, 2.75) is 19.4 Å². The van der Waals surface area contributed by atoms with E-state index in [1.807, 2.05) is 19.1 Å². The lowest BCUT2D eigenvalue weighted by molar-refractivity contribution is -0.121. The van der Waals surface area contributed by atoms with Gasteiger partial charge in [0, 0.05) is 11.3 Å². The van der Waals surface area contributed by atoms with E-state index in [-0.39, 0.29) is 23.9 Å². The highest BCUT2D eigenvalue weighted by Gasteiger charge is 2.14. The molecule has 0 saturated carbocycles. The van der Waals surface area contributed by atoms with Crippen LogP contribution in [0.2, 0.25) is 0 Å². The molecule has 21 heavy (non-hydrogen) atoms. The van der Waals surface area contributed by atoms with E-state index >= 15 is 0 Å². The van der Waals surface area contributed by atoms with Crippen LogP contribution in [-0.2, 0) is 11.2 Å². The van der Waals surface area contributed by atoms with Gasteiger partial charge in [-0.25, -0.2) is 8.78 Å². The minimum atomic E-state index is -0.979. The first kappa shape index (κ1) is 15.0. The van der Waals surface area contributed by atoms with Crippen molar-refractivity contribution < 1.29 is 13.6 Å². The van der Waals surface area contributed by atoms with E-state index in [0.717, 1.165) is 11.6 Å². The number of halogens is 2. The Morgan fingerprint density at radius 1 is 1.19 bits per heavy atom. The van der Waals surface area contributed by atoms with Crippen LogP contribution in [0.3, 0.4) is 0 Å². The zero-order chi connectivity index (χ0) is 15.4. The number of nitrogens with two attached hydrogens (primary N) is 1. The topological polar surface area (TPSA) is 55.1 Å². The third kappa shape index (κ3) is 3.78. The highest BCUT2D eigenvalue weighted by Crippen LogP contribution is 2.16. The van der Waals surface area contributed by atoms with E-state index in [9.17, 15) is 13.6 Å². The van der Waals surface area contributed by atoms with Crippen molar-refractivity contribution in [2.24, 2.45) is 0 Å². The quantitative estimate of drug-likeness (QED) is 0.851. The van der Waals surface area contributed by atoms with Gasteiger partial charge < -0.3 is 11.1 Å². The van der Waals surface area contributed by atoms with Crippen LogP contribution < -0.4 is 11.1 Å². The van der Waals surface area contributed by atoms with Gasteiger partial charge in [0.15, 0.2) is 11.6 Å². The van der Waals surface area contributed by atoms with E-state index in [2.05, 4.69) is 5.32 Å². The number of hydrogen-bond acceptors (Lipinski definition) is 2. The van der Waals surface area contributed by atoms with Crippen molar-refractivity contribution in [3.8, 4) is 0 Å². The summed E-state index contributed by atoms with van der Waals surface area (Å²) >= 11 is 0. The highest BCUT2D eigenvalue weighted by atomic mass is 19.2. The molecule has 0 aliphatic carbocycles. The van der Waals surface area contributed by atoms with Crippen LogP contribution in [0.4, 0.5) is 14.5 Å². The number of nitrogens with one attached hydrogen (secondary N) is 1. The largest absolute Gasteiger partial charge is 0.399 e. The molecule has 0 aromatic heterocycles. The molecule has 1 amide bonds. The zero-order valence-corrected chi connectivity index (χ0v) is 11.6. The summed E-state index contributed by atoms with van der Waals surface area (Å²) < 4.78 is 26.6. The Labute approximate surface area is 121 Å². The van der Waals surface area contributed by atoms with Gasteiger partial charge in [-0.15, -0.1) is 0 Å². The molecule has 1 atom stereocenters. The maximum atomic E-state index is 13.5. The molecule has 2 aromatic carbocycles. The van der Waals surface area contributed by atoms with Gasteiger partial charge in [-0.1, -0.05) is 24.3 Å². The van der Waals surface area contributed by atoms with Crippen LogP contribution in [0.1, 0.15) is 24.1 Å². The summed E-state index contributed by atoms with van der Waals surface area (Å²) in [5, 5.41) is 2.74. The number of nitrogen functional groups attached to an aromatic ring is 1. The van der Waals surface area contributed by atoms with Crippen molar-refractivity contribution in [3.63, 3.8) is 0 Å². The third-order valence-electron chi connectivity index (χ3n) is 3.20. The Morgan fingerprint density at radius 3 is 2.52 bits per heavy atom. The first-order valence-corrected chi connectivity index (χ1v) is 6.55. The van der Waals surface area contributed by atoms with E-state index in [1.165, 1.54) is 12.1 Å². The van der Waals surface area contributed by atoms with Crippen molar-refractivity contribution in [1.29, 1.82) is 0 Å². The first-order chi connectivity index (χ1) is 9.97. The number of rotatable bonds is 4. The van der Waals surface area contributed by atoms with Gasteiger partial charge in [-0.05, 0) is 30.7 Å². The van der Waals surface area contributed by atoms with Crippen LogP contribution in [-0.4, -0.2) is 5.91 Å². The average Bonchev–Trinajstić information content (AvgIpc) is 2.44. The van der Waals surface area contributed by atoms with Gasteiger partial charge in [0.2, 0.25) is 5.91 Å². The lowest BCUT2D eigenvalue weighted by Gasteiger charge is -2.15. The standard InChI is InChI=1S/C16H16F2N2O/c1-10(11-5-7-13(19)8-6-11)20-15(21)9-12-3-2-4-14(17)16(12)18/h2-8,10H,9,19H2,1H3,(H,20,21). The zero-order valence-electron chi connectivity index (χ0n) is 11.6. The van der Waals surface area contributed by atoms with Crippen LogP contribution in [0.5, 0.6) is 0 Å². The molecule has 3 N–H and O–H groups in total. The van der Waals surface area contributed by atoms with Crippen LogP contribution in [0.15, 0.2) is 42.5 Å². The maximum Gasteiger partial charge on any atom is 0.225 e. The Morgan fingerprint density at radius 2 is 1.86 bits per heavy atom. The summed E-state index contributed by atoms with van der Waals surface area (Å²) in [6.45, 7) is 1.81. The minimum Gasteiger partial charge on any atom is -0.399 e. The van der Waals surface area contributed by atoms with Crippen molar-refractivity contribution >= 4 is 11.6 Å². The van der Waals surface area contributed by atoms with Gasteiger partial charge in [0.1, 0.15) is 0 Å². The second-order valence-corrected chi connectivity index (χ2v) is 4.85. The molecule has 0 fully saturated rings. The molecule has 0 saturated heterocycles. The Bertz CT molecular complexity index is 641. The number of carbonyl (C=O) groups is 1. The normalized spacial score (nSPS) is 12.0. The Kier molecular flexibility index (Phi) is 4.52. The molecule has 0 spiro atoms. The predicted molar refractivity (Wildman–Crippen MR) is 77.5 cm³/mol. The number of benzene rings is 2. The molecule has 2 rings (SSSR count). The Balaban J connectivity index is 2.01. The van der Waals surface area contributed by atoms with Gasteiger partial charge in [-0.3, -0.25) is 4.79 Å². The van der Waals surface area contributed by atoms with E-state index in [4.69, 9.17) is 5.73 Å². The minimum absolute atomic E-state index is 0.0389. The fraction of sp³-hybridized carbons (Fsp3) is 0.188. The van der Waals surface area contributed by atoms with Gasteiger partial charge in [-0.2, -0.15) is 0 Å². The Hall–Kier alpha value is -2.43. The van der Waals surface area contributed by atoms with Crippen LogP contribution in [0.25, 0.3) is 0 Å². The molecule has 1 unspecified atom stereocenters. The summed E-state index contributed by atoms with van der Waals surface area (Å²) in [5.74, 6) is -2.30. The summed E-state index contributed by atoms with van der Waals surface area (Å²) in [7, 11) is 0. The van der Waals surface area contributed by atoms with E-state index in [0.29, 0.717) is 5.69 Å². The molecule has 3 nitrogen and oxygen atoms in total. The molecular weight excluding hydrogens is 274 g/mol. The molecule has 2 aromatic rings. The lowest BCUT2D eigenvalue weighted by Crippen LogP contribution is -2.28. The molecule has 5 heteroatoms. The number of hydrogen-bond donors (Lipinski definition) is 2. The van der Waals surface area contributed by atoms with Gasteiger partial charge >= 0.3 is 0 Å². The fourth-order valence-corrected chi connectivity index (χ4v) is 2.02. The lowest BCUT2D eigenvalue weighted by atomic mass is 10.1. The second kappa shape index (κ2) is 6.35. The molecule has 0 aliphatic rings. The van der Waals surface area contributed by atoms with E-state index in [1.54, 1.807) is 12.1 Å². The van der Waals surface area contributed by atoms with Crippen molar-refractivity contribution in [3.05, 3.63) is 65.2 Å². The van der Waals surface area contributed by atoms with Gasteiger partial charge in [0.05, 0.1) is 12.5 Å². The summed E-state index contributed by atoms with van der Waals surface area (Å²) in [4.78, 5) is 11.9. The van der Waals surface area contributed by atoms with E-state index < -0.39 is 11.6 Å². The van der Waals surface area contributed by atoms with Crippen molar-refractivity contribution in [2.75, 3.05) is 5.73 Å². The number of amides is 1. The SMILES string of the molecule is CC(NC(=O)Cc1cccc(F)c1F)c1ccc(N)cc1. The fourth-order valence-electron chi connectivity index (χ4n) is 2.02. The maximum absolute atomic E-state index is 13.5. The molecule has 0 bridgehead atoms. The van der Waals surface area contributed by atoms with Crippen LogP contribution >= 0.6 is 0 Å². The summed E-state index contributed by atoms with van der Waals surface area (Å²) in [6.07, 6.45) is -0.205. The first-order valence-electron chi connectivity index (χ1n) is 6.55. The average molecular weight is 290 g/mol. The highest BCUT2D eigenvalue weighted by molar-refractivity contribution is 5.79. The molecule has 0 aliphatic heterocycles. The van der Waals surface area contributed by atoms with Crippen molar-refractivity contribution in [1.82, 2.24) is 5.32 Å². The molecule has 0 heterocycles. The predicted octanol–water partition coefficient (Wildman–Crippen LogP) is 2.97. The van der Waals surface area contributed by atoms with Crippen LogP contribution in [0, 0.1) is 11.6 Å². The smallest absolute Gasteiger partial charge is 0.225 e. The summed E-state index contributed by atoms with van der Waals surface area (Å²) in [5.41, 5.74) is 7.16. The summed E-state index contributed by atoms with van der Waals surface area (Å²) in [6, 6.07) is 10.7. The number of anilines is 1. The monoisotopic (exact) mass is 290 g/mol. The molecule has 110 valence electrons. The number of carbonyl (C=O) groups excluding carboxylic acids is 1. The third-order valence-corrected chi connectivity index (χ3v) is 3.20. The molecular formula is C16H16F2N2O.